The van der Waals surface area contributed by atoms with Crippen LogP contribution in [0.5, 0.6) is 17.5 Å². The number of hydrogen-bond acceptors (Lipinski definition) is 8. The van der Waals surface area contributed by atoms with Crippen molar-refractivity contribution >= 4 is 12.1 Å². The molecule has 4 aromatic rings. The van der Waals surface area contributed by atoms with Gasteiger partial charge in [0, 0.05) is 29.1 Å². The van der Waals surface area contributed by atoms with E-state index in [1.165, 1.54) is 18.5 Å². The number of halogens is 3. The lowest BCUT2D eigenvalue weighted by molar-refractivity contribution is -0.122. The molecular formula is C23H18F3N5O5. The number of nitrogens with zero attached hydrogens (tertiary/aromatic N) is 5. The van der Waals surface area contributed by atoms with E-state index in [0.29, 0.717) is 59.9 Å². The van der Waals surface area contributed by atoms with Gasteiger partial charge < -0.3 is 19.3 Å². The lowest BCUT2D eigenvalue weighted by Crippen LogP contribution is -2.13. The number of pyridine rings is 1. The normalized spacial score (nSPS) is 15.8. The van der Waals surface area contributed by atoms with E-state index in [9.17, 15) is 13.2 Å². The Hall–Kier alpha value is -4.42. The molecule has 2 aliphatic rings. The lowest BCUT2D eigenvalue weighted by atomic mass is 9.93. The zero-order chi connectivity index (χ0) is 25.2. The molecule has 2 aliphatic heterocycles. The Morgan fingerprint density at radius 2 is 1.86 bits per heavy atom. The van der Waals surface area contributed by atoms with E-state index in [2.05, 4.69) is 24.9 Å². The van der Waals surface area contributed by atoms with E-state index in [1.807, 2.05) is 0 Å². The van der Waals surface area contributed by atoms with Gasteiger partial charge in [-0.15, -0.1) is 10.2 Å². The fraction of sp³-hybridized carbons (Fsp3) is 0.261. The minimum absolute atomic E-state index is 0.0918. The Labute approximate surface area is 201 Å². The maximum atomic E-state index is 14.7. The monoisotopic (exact) mass is 501 g/mol. The number of hydrogen-bond donors (Lipinski definition) is 1. The van der Waals surface area contributed by atoms with Crippen LogP contribution in [-0.2, 0) is 17.6 Å². The van der Waals surface area contributed by atoms with Gasteiger partial charge in [-0.05, 0) is 36.6 Å². The topological polar surface area (TPSA) is 121 Å². The van der Waals surface area contributed by atoms with Crippen molar-refractivity contribution in [1.29, 1.82) is 0 Å². The molecule has 3 aromatic heterocycles. The smallest absolute Gasteiger partial charge is 0.389 e. The zero-order valence-electron chi connectivity index (χ0n) is 18.5. The molecule has 0 saturated carbocycles. The number of alkyl halides is 2. The second-order valence-electron chi connectivity index (χ2n) is 7.89. The third kappa shape index (κ3) is 4.23. The Kier molecular flexibility index (Phi) is 6.27. The van der Waals surface area contributed by atoms with Crippen molar-refractivity contribution < 1.29 is 37.3 Å². The second kappa shape index (κ2) is 9.68. The van der Waals surface area contributed by atoms with Crippen molar-refractivity contribution in [3.8, 4) is 28.6 Å². The quantitative estimate of drug-likeness (QED) is 0.422. The molecule has 36 heavy (non-hydrogen) atoms. The molecule has 0 amide bonds. The summed E-state index contributed by atoms with van der Waals surface area (Å²) in [5.41, 5.74) is 3.97. The molecule has 186 valence electrons. The first kappa shape index (κ1) is 23.3. The van der Waals surface area contributed by atoms with Gasteiger partial charge in [0.15, 0.2) is 5.65 Å². The third-order valence-electron chi connectivity index (χ3n) is 5.93. The van der Waals surface area contributed by atoms with Gasteiger partial charge in [-0.3, -0.25) is 9.20 Å². The maximum absolute atomic E-state index is 14.7. The van der Waals surface area contributed by atoms with Crippen LogP contribution in [0.4, 0.5) is 13.2 Å². The first-order chi connectivity index (χ1) is 17.5. The predicted molar refractivity (Wildman–Crippen MR) is 117 cm³/mol. The van der Waals surface area contributed by atoms with Crippen LogP contribution in [0.15, 0.2) is 36.9 Å². The Morgan fingerprint density at radius 3 is 2.58 bits per heavy atom. The fourth-order valence-corrected chi connectivity index (χ4v) is 4.47. The number of rotatable bonds is 3. The molecule has 0 bridgehead atoms. The van der Waals surface area contributed by atoms with E-state index < -0.39 is 12.6 Å². The van der Waals surface area contributed by atoms with Crippen molar-refractivity contribution in [1.82, 2.24) is 24.6 Å². The highest BCUT2D eigenvalue weighted by molar-refractivity contribution is 5.78. The molecule has 1 aromatic carbocycles. The van der Waals surface area contributed by atoms with Crippen LogP contribution in [0.25, 0.3) is 16.8 Å². The molecule has 0 radical (unpaired) electrons. The molecule has 10 nitrogen and oxygen atoms in total. The number of aryl methyl sites for hydroxylation is 1. The number of ether oxygens (including phenoxy) is 3. The van der Waals surface area contributed by atoms with Crippen LogP contribution in [-0.4, -0.2) is 56.0 Å². The van der Waals surface area contributed by atoms with E-state index >= 15 is 0 Å². The molecule has 1 atom stereocenters. The summed E-state index contributed by atoms with van der Waals surface area (Å²) in [6.07, 6.45) is 5.26. The van der Waals surface area contributed by atoms with Gasteiger partial charge >= 0.3 is 12.6 Å². The SMILES string of the molecule is Fc1ccc2c3c1CCc1c(cc(-c4cnc(OC(F)F)nc4)c4nncn14)OC[C@H]3CO2.O=CO. The number of carboxylic acid groups (broad SMARTS) is 1. The summed E-state index contributed by atoms with van der Waals surface area (Å²) in [5.74, 6) is 0.939. The van der Waals surface area contributed by atoms with Crippen LogP contribution in [0.2, 0.25) is 0 Å². The summed E-state index contributed by atoms with van der Waals surface area (Å²) in [7, 11) is 0. The summed E-state index contributed by atoms with van der Waals surface area (Å²) in [6.45, 7) is -2.54. The van der Waals surface area contributed by atoms with Crippen molar-refractivity contribution in [3.63, 3.8) is 0 Å². The largest absolute Gasteiger partial charge is 0.493 e. The van der Waals surface area contributed by atoms with Crippen molar-refractivity contribution in [2.24, 2.45) is 0 Å². The Morgan fingerprint density at radius 1 is 1.14 bits per heavy atom. The van der Waals surface area contributed by atoms with Gasteiger partial charge in [0.1, 0.15) is 23.6 Å². The molecular weight excluding hydrogens is 483 g/mol. The van der Waals surface area contributed by atoms with Crippen LogP contribution in [0.3, 0.4) is 0 Å². The summed E-state index contributed by atoms with van der Waals surface area (Å²) >= 11 is 0. The second-order valence-corrected chi connectivity index (χ2v) is 7.89. The molecule has 1 N–H and O–H groups in total. The minimum Gasteiger partial charge on any atom is -0.493 e. The molecule has 5 heterocycles. The fourth-order valence-electron chi connectivity index (χ4n) is 4.47. The van der Waals surface area contributed by atoms with Crippen LogP contribution in [0, 0.1) is 5.82 Å². The summed E-state index contributed by atoms with van der Waals surface area (Å²) in [4.78, 5) is 16.1. The van der Waals surface area contributed by atoms with Gasteiger partial charge in [0.2, 0.25) is 0 Å². The Balaban J connectivity index is 0.000000848. The minimum atomic E-state index is -3.01. The van der Waals surface area contributed by atoms with E-state index in [4.69, 9.17) is 19.4 Å². The van der Waals surface area contributed by atoms with Gasteiger partial charge in [-0.1, -0.05) is 0 Å². The van der Waals surface area contributed by atoms with Crippen molar-refractivity contribution in [2.45, 2.75) is 25.4 Å². The molecule has 0 saturated heterocycles. The average molecular weight is 501 g/mol. The zero-order valence-corrected chi connectivity index (χ0v) is 18.5. The summed E-state index contributed by atoms with van der Waals surface area (Å²) in [6, 6.07) is 4.47. The maximum Gasteiger partial charge on any atom is 0.389 e. The van der Waals surface area contributed by atoms with E-state index in [0.717, 1.165) is 11.3 Å². The van der Waals surface area contributed by atoms with Crippen LogP contribution < -0.4 is 14.2 Å². The molecule has 0 fully saturated rings. The predicted octanol–water partition coefficient (Wildman–Crippen LogP) is 3.28. The van der Waals surface area contributed by atoms with E-state index in [-0.39, 0.29) is 18.2 Å². The van der Waals surface area contributed by atoms with E-state index in [1.54, 1.807) is 22.9 Å². The molecule has 0 unspecified atom stereocenters. The van der Waals surface area contributed by atoms with Gasteiger partial charge in [-0.2, -0.15) is 8.78 Å². The molecule has 0 spiro atoms. The highest BCUT2D eigenvalue weighted by Gasteiger charge is 2.31. The lowest BCUT2D eigenvalue weighted by Gasteiger charge is -2.16. The summed E-state index contributed by atoms with van der Waals surface area (Å²) in [5, 5.41) is 15.1. The first-order valence-corrected chi connectivity index (χ1v) is 10.8. The molecule has 6 rings (SSSR count). The number of aromatic nitrogens is 5. The first-order valence-electron chi connectivity index (χ1n) is 10.8. The van der Waals surface area contributed by atoms with Crippen LogP contribution >= 0.6 is 0 Å². The van der Waals surface area contributed by atoms with Gasteiger partial charge in [-0.25, -0.2) is 14.4 Å². The molecule has 0 aliphatic carbocycles. The van der Waals surface area contributed by atoms with Gasteiger partial charge in [0.05, 0.1) is 24.8 Å². The van der Waals surface area contributed by atoms with Crippen molar-refractivity contribution in [2.75, 3.05) is 13.2 Å². The van der Waals surface area contributed by atoms with Crippen LogP contribution in [0.1, 0.15) is 22.7 Å². The highest BCUT2D eigenvalue weighted by Crippen LogP contribution is 2.41. The standard InChI is InChI=1S/C22H16F3N5O3.CH2O2/c23-15-2-4-17-19-12(8-31-17)9-32-18-5-14(11-6-26-22(27-7-11)33-21(24)25)20-29-28-10-30(20)16(18)3-1-13(15)19;2-1-3/h2,4-7,10,12,21H,1,3,8-9H2;1H,(H,2,3)/t12-;/m1./s1. The number of carbonyl (C=O) groups is 1. The Bertz CT molecular complexity index is 1410. The van der Waals surface area contributed by atoms with Gasteiger partial charge in [0.25, 0.3) is 6.47 Å². The number of benzene rings is 1. The summed E-state index contributed by atoms with van der Waals surface area (Å²) < 4.78 is 57.5. The number of fused-ring (bicyclic) bond motifs is 3. The average Bonchev–Trinajstić information content (AvgIpc) is 3.51. The molecule has 13 heteroatoms. The third-order valence-corrected chi connectivity index (χ3v) is 5.93. The highest BCUT2D eigenvalue weighted by atomic mass is 19.3. The van der Waals surface area contributed by atoms with Crippen molar-refractivity contribution in [3.05, 3.63) is 59.6 Å².